The van der Waals surface area contributed by atoms with Crippen molar-refractivity contribution in [2.24, 2.45) is 0 Å². The molecule has 4 heteroatoms. The fourth-order valence-electron chi connectivity index (χ4n) is 4.98. The zero-order valence-corrected chi connectivity index (χ0v) is 16.4. The van der Waals surface area contributed by atoms with Crippen molar-refractivity contribution in [1.29, 1.82) is 0 Å². The number of likely N-dealkylation sites (tertiary alicyclic amines) is 1. The van der Waals surface area contributed by atoms with Crippen molar-refractivity contribution in [3.05, 3.63) is 65.9 Å². The largest absolute Gasteiger partial charge is 0.361 e. The van der Waals surface area contributed by atoms with Gasteiger partial charge in [-0.05, 0) is 68.5 Å². The molecule has 0 saturated carbocycles. The number of carbonyl (C=O) groups is 1. The predicted octanol–water partition coefficient (Wildman–Crippen LogP) is 4.33. The molecule has 1 aromatic heterocycles. The van der Waals surface area contributed by atoms with E-state index in [0.717, 1.165) is 44.6 Å². The average molecular weight is 374 g/mol. The highest BCUT2D eigenvalue weighted by Crippen LogP contribution is 2.34. The van der Waals surface area contributed by atoms with Crippen LogP contribution in [0.2, 0.25) is 0 Å². The van der Waals surface area contributed by atoms with Crippen LogP contribution in [0.5, 0.6) is 0 Å². The topological polar surface area (TPSA) is 39.3 Å². The van der Waals surface area contributed by atoms with Crippen LogP contribution in [0, 0.1) is 0 Å². The third kappa shape index (κ3) is 2.92. The van der Waals surface area contributed by atoms with E-state index in [1.54, 1.807) is 0 Å². The van der Waals surface area contributed by atoms with E-state index in [9.17, 15) is 4.79 Å². The minimum absolute atomic E-state index is 0.0601. The molecular weight excluding hydrogens is 346 g/mol. The number of H-pyrrole nitrogens is 1. The number of hydrogen-bond acceptors (Lipinski definition) is 2. The van der Waals surface area contributed by atoms with Crippen LogP contribution in [-0.2, 0) is 11.2 Å². The predicted molar refractivity (Wildman–Crippen MR) is 114 cm³/mol. The highest BCUT2D eigenvalue weighted by atomic mass is 16.2. The minimum atomic E-state index is -0.0601. The molecule has 0 aliphatic carbocycles. The normalized spacial score (nSPS) is 19.1. The molecule has 28 heavy (non-hydrogen) atoms. The SMILES string of the molecule is C[C@@H](C(=O)N1CCc2ccccc21)N1CCC(c2c[nH]c3ccccc23)CC1. The van der Waals surface area contributed by atoms with E-state index in [1.165, 1.54) is 22.0 Å². The van der Waals surface area contributed by atoms with Gasteiger partial charge in [-0.2, -0.15) is 0 Å². The number of anilines is 1. The van der Waals surface area contributed by atoms with Crippen molar-refractivity contribution in [1.82, 2.24) is 9.88 Å². The van der Waals surface area contributed by atoms with E-state index < -0.39 is 0 Å². The average Bonchev–Trinajstić information content (AvgIpc) is 3.37. The maximum Gasteiger partial charge on any atom is 0.244 e. The highest BCUT2D eigenvalue weighted by Gasteiger charge is 2.33. The summed E-state index contributed by atoms with van der Waals surface area (Å²) in [7, 11) is 0. The van der Waals surface area contributed by atoms with Gasteiger partial charge in [-0.25, -0.2) is 0 Å². The van der Waals surface area contributed by atoms with Gasteiger partial charge in [0, 0.05) is 29.3 Å². The summed E-state index contributed by atoms with van der Waals surface area (Å²) in [5, 5.41) is 1.35. The van der Waals surface area contributed by atoms with Crippen molar-refractivity contribution >= 4 is 22.5 Å². The molecule has 1 atom stereocenters. The van der Waals surface area contributed by atoms with E-state index in [0.29, 0.717) is 5.92 Å². The Kier molecular flexibility index (Phi) is 4.44. The Bertz CT molecular complexity index is 1000. The first-order valence-electron chi connectivity index (χ1n) is 10.4. The standard InChI is InChI=1S/C24H27N3O/c1-17(24(28)27-15-12-19-6-2-5-9-23(19)27)26-13-10-18(11-14-26)21-16-25-22-8-4-3-7-20(21)22/h2-9,16-18,25H,10-15H2,1H3/t17-/m0/s1. The number of para-hydroxylation sites is 2. The Morgan fingerprint density at radius 1 is 1.04 bits per heavy atom. The fraction of sp³-hybridized carbons (Fsp3) is 0.375. The van der Waals surface area contributed by atoms with Gasteiger partial charge in [0.15, 0.2) is 0 Å². The minimum Gasteiger partial charge on any atom is -0.361 e. The molecule has 0 bridgehead atoms. The number of nitrogens with zero attached hydrogens (tertiary/aromatic N) is 2. The zero-order valence-electron chi connectivity index (χ0n) is 16.4. The second-order valence-corrected chi connectivity index (χ2v) is 8.14. The van der Waals surface area contributed by atoms with Gasteiger partial charge in [-0.1, -0.05) is 36.4 Å². The number of carbonyl (C=O) groups excluding carboxylic acids is 1. The quantitative estimate of drug-likeness (QED) is 0.742. The first-order valence-corrected chi connectivity index (χ1v) is 10.4. The molecule has 1 amide bonds. The molecule has 2 aromatic carbocycles. The monoisotopic (exact) mass is 373 g/mol. The van der Waals surface area contributed by atoms with Gasteiger partial charge in [0.25, 0.3) is 0 Å². The highest BCUT2D eigenvalue weighted by molar-refractivity contribution is 5.98. The van der Waals surface area contributed by atoms with E-state index in [4.69, 9.17) is 0 Å². The lowest BCUT2D eigenvalue weighted by Crippen LogP contribution is -2.49. The third-order valence-electron chi connectivity index (χ3n) is 6.65. The molecule has 1 saturated heterocycles. The lowest BCUT2D eigenvalue weighted by atomic mass is 9.88. The van der Waals surface area contributed by atoms with E-state index >= 15 is 0 Å². The van der Waals surface area contributed by atoms with Crippen molar-refractivity contribution in [3.63, 3.8) is 0 Å². The summed E-state index contributed by atoms with van der Waals surface area (Å²) < 4.78 is 0. The zero-order chi connectivity index (χ0) is 19.1. The van der Waals surface area contributed by atoms with Crippen molar-refractivity contribution in [3.8, 4) is 0 Å². The van der Waals surface area contributed by atoms with Gasteiger partial charge in [0.1, 0.15) is 0 Å². The van der Waals surface area contributed by atoms with Crippen LogP contribution in [0.3, 0.4) is 0 Å². The van der Waals surface area contributed by atoms with Crippen molar-refractivity contribution in [2.45, 2.75) is 38.1 Å². The van der Waals surface area contributed by atoms with Crippen LogP contribution in [0.15, 0.2) is 54.7 Å². The molecule has 4 nitrogen and oxygen atoms in total. The number of aromatic nitrogens is 1. The van der Waals surface area contributed by atoms with Crippen LogP contribution in [-0.4, -0.2) is 41.5 Å². The van der Waals surface area contributed by atoms with Gasteiger partial charge in [-0.15, -0.1) is 0 Å². The second kappa shape index (κ2) is 7.10. The molecule has 144 valence electrons. The lowest BCUT2D eigenvalue weighted by Gasteiger charge is -2.36. The Hall–Kier alpha value is -2.59. The number of aromatic amines is 1. The van der Waals surface area contributed by atoms with Crippen molar-refractivity contribution < 1.29 is 4.79 Å². The summed E-state index contributed by atoms with van der Waals surface area (Å²) in [4.78, 5) is 20.9. The van der Waals surface area contributed by atoms with Crippen LogP contribution >= 0.6 is 0 Å². The van der Waals surface area contributed by atoms with Crippen LogP contribution in [0.1, 0.15) is 36.8 Å². The van der Waals surface area contributed by atoms with Crippen molar-refractivity contribution in [2.75, 3.05) is 24.5 Å². The number of nitrogens with one attached hydrogen (secondary N) is 1. The molecular formula is C24H27N3O. The van der Waals surface area contributed by atoms with Gasteiger partial charge in [-0.3, -0.25) is 9.69 Å². The summed E-state index contributed by atoms with van der Waals surface area (Å²) in [5.74, 6) is 0.817. The molecule has 5 rings (SSSR count). The number of fused-ring (bicyclic) bond motifs is 2. The molecule has 0 unspecified atom stereocenters. The summed E-state index contributed by atoms with van der Waals surface area (Å²) in [6.45, 7) is 4.85. The molecule has 2 aliphatic heterocycles. The van der Waals surface area contributed by atoms with Gasteiger partial charge >= 0.3 is 0 Å². The number of benzene rings is 2. The van der Waals surface area contributed by atoms with Gasteiger partial charge < -0.3 is 9.88 Å². The van der Waals surface area contributed by atoms with Crippen LogP contribution in [0.25, 0.3) is 10.9 Å². The first kappa shape index (κ1) is 17.5. The smallest absolute Gasteiger partial charge is 0.244 e. The van der Waals surface area contributed by atoms with Crippen LogP contribution in [0.4, 0.5) is 5.69 Å². The molecule has 0 spiro atoms. The maximum atomic E-state index is 13.2. The lowest BCUT2D eigenvalue weighted by molar-refractivity contribution is -0.123. The summed E-state index contributed by atoms with van der Waals surface area (Å²) >= 11 is 0. The third-order valence-corrected chi connectivity index (χ3v) is 6.65. The Morgan fingerprint density at radius 2 is 1.79 bits per heavy atom. The van der Waals surface area contributed by atoms with Gasteiger partial charge in [0.2, 0.25) is 5.91 Å². The second-order valence-electron chi connectivity index (χ2n) is 8.14. The molecule has 1 fully saturated rings. The summed E-state index contributed by atoms with van der Waals surface area (Å²) in [5.41, 5.74) is 5.05. The maximum absolute atomic E-state index is 13.2. The molecule has 0 radical (unpaired) electrons. The fourth-order valence-corrected chi connectivity index (χ4v) is 4.98. The molecule has 2 aliphatic rings. The van der Waals surface area contributed by atoms with Crippen LogP contribution < -0.4 is 4.90 Å². The summed E-state index contributed by atoms with van der Waals surface area (Å²) in [6.07, 6.45) is 5.37. The number of amides is 1. The Morgan fingerprint density at radius 3 is 2.64 bits per heavy atom. The Balaban J connectivity index is 1.26. The Labute approximate surface area is 166 Å². The van der Waals surface area contributed by atoms with E-state index in [1.807, 2.05) is 11.0 Å². The van der Waals surface area contributed by atoms with Gasteiger partial charge in [0.05, 0.1) is 6.04 Å². The molecule has 1 N–H and O–H groups in total. The van der Waals surface area contributed by atoms with E-state index in [-0.39, 0.29) is 11.9 Å². The van der Waals surface area contributed by atoms with E-state index in [2.05, 4.69) is 65.5 Å². The first-order chi connectivity index (χ1) is 13.7. The number of piperidine rings is 1. The molecule has 3 heterocycles. The number of rotatable bonds is 3. The summed E-state index contributed by atoms with van der Waals surface area (Å²) in [6, 6.07) is 16.8. The molecule has 3 aromatic rings. The number of hydrogen-bond donors (Lipinski definition) is 1.